The van der Waals surface area contributed by atoms with Crippen molar-refractivity contribution in [2.75, 3.05) is 23.3 Å². The number of ether oxygens (including phenoxy) is 1. The number of halogens is 1. The Morgan fingerprint density at radius 2 is 1.97 bits per heavy atom. The lowest BCUT2D eigenvalue weighted by Gasteiger charge is -2.25. The van der Waals surface area contributed by atoms with Crippen LogP contribution >= 0.6 is 11.9 Å². The van der Waals surface area contributed by atoms with Crippen molar-refractivity contribution in [1.82, 2.24) is 4.57 Å². The van der Waals surface area contributed by atoms with Gasteiger partial charge in [-0.05, 0) is 63.8 Å². The summed E-state index contributed by atoms with van der Waals surface area (Å²) in [7, 11) is 0. The van der Waals surface area contributed by atoms with Gasteiger partial charge in [0, 0.05) is 16.9 Å². The van der Waals surface area contributed by atoms with Gasteiger partial charge in [-0.25, -0.2) is 4.39 Å². The first-order chi connectivity index (χ1) is 14.2. The first-order valence-electron chi connectivity index (χ1n) is 10.2. The van der Waals surface area contributed by atoms with Crippen molar-refractivity contribution in [2.45, 2.75) is 59.3 Å². The highest BCUT2D eigenvalue weighted by atomic mass is 32.2. The first-order valence-corrected chi connectivity index (χ1v) is 11.0. The van der Waals surface area contributed by atoms with Crippen molar-refractivity contribution in [3.05, 3.63) is 45.5 Å². The van der Waals surface area contributed by atoms with E-state index in [0.29, 0.717) is 48.1 Å². The molecule has 3 rings (SSSR count). The van der Waals surface area contributed by atoms with Gasteiger partial charge in [0.15, 0.2) is 0 Å². The molecule has 1 aromatic heterocycles. The lowest BCUT2D eigenvalue weighted by Crippen LogP contribution is -2.24. The fraction of sp³-hybridized carbons (Fsp3) is 0.500. The van der Waals surface area contributed by atoms with Gasteiger partial charge >= 0.3 is 0 Å². The highest BCUT2D eigenvalue weighted by Crippen LogP contribution is 2.41. The Hall–Kier alpha value is -2.19. The zero-order valence-corrected chi connectivity index (χ0v) is 19.4. The van der Waals surface area contributed by atoms with Crippen LogP contribution in [0.3, 0.4) is 0 Å². The van der Waals surface area contributed by atoms with Gasteiger partial charge in [-0.1, -0.05) is 19.9 Å². The van der Waals surface area contributed by atoms with E-state index >= 15 is 0 Å². The van der Waals surface area contributed by atoms with Gasteiger partial charge in [0.2, 0.25) is 5.88 Å². The molecule has 0 saturated heterocycles. The number of anilines is 3. The molecule has 0 saturated carbocycles. The van der Waals surface area contributed by atoms with Crippen LogP contribution in [-0.4, -0.2) is 27.6 Å². The van der Waals surface area contributed by atoms with E-state index in [4.69, 9.17) is 4.74 Å². The molecule has 0 fully saturated rings. The second-order valence-electron chi connectivity index (χ2n) is 7.53. The molecule has 3 N–H and O–H groups in total. The van der Waals surface area contributed by atoms with Crippen molar-refractivity contribution in [1.29, 1.82) is 0 Å². The largest absolute Gasteiger partial charge is 0.475 e. The quantitative estimate of drug-likeness (QED) is 0.530. The van der Waals surface area contributed by atoms with E-state index in [9.17, 15) is 14.3 Å². The molecule has 1 aromatic carbocycles. The summed E-state index contributed by atoms with van der Waals surface area (Å²) in [6, 6.07) is 4.91. The maximum Gasteiger partial charge on any atom is 0.258 e. The van der Waals surface area contributed by atoms with Gasteiger partial charge in [0.25, 0.3) is 5.56 Å². The Morgan fingerprint density at radius 3 is 2.60 bits per heavy atom. The number of nitrogens with zero attached hydrogens (tertiary/aromatic N) is 1. The Bertz CT molecular complexity index is 944. The number of pyridine rings is 1. The maximum atomic E-state index is 14.4. The monoisotopic (exact) mass is 437 g/mol. The third-order valence-electron chi connectivity index (χ3n) is 4.73. The summed E-state index contributed by atoms with van der Waals surface area (Å²) in [5.74, 6) is 0.0538. The molecule has 0 unspecified atom stereocenters. The Labute approximate surface area is 182 Å². The predicted molar refractivity (Wildman–Crippen MR) is 124 cm³/mol. The second kappa shape index (κ2) is 10.2. The molecule has 166 valence electrons. The fourth-order valence-corrected chi connectivity index (χ4v) is 3.80. The van der Waals surface area contributed by atoms with Gasteiger partial charge < -0.3 is 19.9 Å². The van der Waals surface area contributed by atoms with Crippen LogP contribution in [0, 0.1) is 19.7 Å². The van der Waals surface area contributed by atoms with E-state index in [1.807, 2.05) is 40.7 Å². The van der Waals surface area contributed by atoms with Gasteiger partial charge in [-0.2, -0.15) is 0 Å². The molecule has 1 aliphatic rings. The SMILES string of the molecule is CC.Cc1ccc(Nc2c(NSC(C)(C)CCO)c3n(c(=O)c2C)CCO3)c(F)c1. The number of rotatable bonds is 7. The summed E-state index contributed by atoms with van der Waals surface area (Å²) in [4.78, 5) is 12.7. The highest BCUT2D eigenvalue weighted by Gasteiger charge is 2.27. The minimum absolute atomic E-state index is 0.0727. The molecule has 0 amide bonds. The third kappa shape index (κ3) is 5.29. The predicted octanol–water partition coefficient (Wildman–Crippen LogP) is 4.99. The van der Waals surface area contributed by atoms with Crippen molar-refractivity contribution in [2.24, 2.45) is 0 Å². The third-order valence-corrected chi connectivity index (χ3v) is 5.79. The van der Waals surface area contributed by atoms with Gasteiger partial charge in [-0.15, -0.1) is 0 Å². The van der Waals surface area contributed by atoms with Gasteiger partial charge in [0.1, 0.15) is 18.1 Å². The van der Waals surface area contributed by atoms with Crippen LogP contribution in [0.4, 0.5) is 21.5 Å². The van der Waals surface area contributed by atoms with E-state index in [2.05, 4.69) is 10.0 Å². The van der Waals surface area contributed by atoms with Crippen molar-refractivity contribution in [3.8, 4) is 5.88 Å². The van der Waals surface area contributed by atoms with Crippen LogP contribution in [-0.2, 0) is 6.54 Å². The highest BCUT2D eigenvalue weighted by molar-refractivity contribution is 8.01. The summed E-state index contributed by atoms with van der Waals surface area (Å²) in [5, 5.41) is 12.4. The molecule has 0 bridgehead atoms. The number of nitrogens with one attached hydrogen (secondary N) is 2. The molecule has 6 nitrogen and oxygen atoms in total. The molecular weight excluding hydrogens is 405 g/mol. The fourth-order valence-electron chi connectivity index (χ4n) is 3.03. The van der Waals surface area contributed by atoms with Gasteiger partial charge in [0.05, 0.1) is 17.9 Å². The summed E-state index contributed by atoms with van der Waals surface area (Å²) in [6.07, 6.45) is 0.592. The molecule has 0 radical (unpaired) electrons. The van der Waals surface area contributed by atoms with Crippen molar-refractivity contribution < 1.29 is 14.2 Å². The number of benzene rings is 1. The molecule has 8 heteroatoms. The average Bonchev–Trinajstić information content (AvgIpc) is 3.18. The molecule has 0 aliphatic carbocycles. The van der Waals surface area contributed by atoms with Crippen LogP contribution in [0.25, 0.3) is 0 Å². The molecule has 1 aliphatic heterocycles. The van der Waals surface area contributed by atoms with Crippen LogP contribution in [0.15, 0.2) is 23.0 Å². The summed E-state index contributed by atoms with van der Waals surface area (Å²) in [5.41, 5.74) is 2.53. The summed E-state index contributed by atoms with van der Waals surface area (Å²) >= 11 is 1.43. The van der Waals surface area contributed by atoms with Crippen LogP contribution < -0.4 is 20.3 Å². The lowest BCUT2D eigenvalue weighted by atomic mass is 10.1. The minimum Gasteiger partial charge on any atom is -0.475 e. The molecular formula is C22H32FN3O3S. The number of aryl methyl sites for hydroxylation is 1. The number of aliphatic hydroxyl groups excluding tert-OH is 1. The molecule has 0 atom stereocenters. The summed E-state index contributed by atoms with van der Waals surface area (Å²) in [6.45, 7) is 12.5. The maximum absolute atomic E-state index is 14.4. The van der Waals surface area contributed by atoms with Crippen LogP contribution in [0.1, 0.15) is 45.2 Å². The lowest BCUT2D eigenvalue weighted by molar-refractivity contribution is 0.275. The van der Waals surface area contributed by atoms with Crippen LogP contribution in [0.5, 0.6) is 5.88 Å². The number of hydrogen-bond acceptors (Lipinski definition) is 6. The smallest absolute Gasteiger partial charge is 0.258 e. The summed E-state index contributed by atoms with van der Waals surface area (Å²) < 4.78 is 24.8. The van der Waals surface area contributed by atoms with E-state index in [0.717, 1.165) is 5.56 Å². The van der Waals surface area contributed by atoms with E-state index in [1.165, 1.54) is 18.0 Å². The Kier molecular flexibility index (Phi) is 8.20. The Morgan fingerprint density at radius 1 is 1.27 bits per heavy atom. The van der Waals surface area contributed by atoms with Crippen molar-refractivity contribution in [3.63, 3.8) is 0 Å². The second-order valence-corrected chi connectivity index (χ2v) is 9.04. The zero-order chi connectivity index (χ0) is 22.5. The first kappa shape index (κ1) is 24.1. The standard InChI is InChI=1S/C20H26FN3O3S.C2H6/c1-12-5-6-15(14(21)11-12)22-16-13(2)18(26)24-8-10-27-19(24)17(16)23-28-20(3,4)7-9-25;1-2/h5-6,11,22-23,25H,7-10H2,1-4H3;1-2H3. The van der Waals surface area contributed by atoms with Crippen LogP contribution in [0.2, 0.25) is 0 Å². The average molecular weight is 438 g/mol. The number of hydrogen-bond donors (Lipinski definition) is 3. The molecule has 2 heterocycles. The molecule has 2 aromatic rings. The number of aliphatic hydroxyl groups is 1. The van der Waals surface area contributed by atoms with E-state index in [-0.39, 0.29) is 22.7 Å². The van der Waals surface area contributed by atoms with Gasteiger partial charge in [-0.3, -0.25) is 9.36 Å². The molecule has 0 spiro atoms. The zero-order valence-electron chi connectivity index (χ0n) is 18.6. The topological polar surface area (TPSA) is 75.5 Å². The van der Waals surface area contributed by atoms with E-state index < -0.39 is 0 Å². The van der Waals surface area contributed by atoms with E-state index in [1.54, 1.807) is 17.6 Å². The minimum atomic E-state index is -0.389. The Balaban J connectivity index is 0.00000155. The number of aromatic nitrogens is 1. The molecule has 30 heavy (non-hydrogen) atoms. The number of fused-ring (bicyclic) bond motifs is 1. The normalized spacial score (nSPS) is 12.5. The van der Waals surface area contributed by atoms with Crippen molar-refractivity contribution >= 4 is 29.0 Å².